The summed E-state index contributed by atoms with van der Waals surface area (Å²) in [6.07, 6.45) is 1.25. The Morgan fingerprint density at radius 1 is 1.50 bits per heavy atom. The molecule has 5 heteroatoms. The van der Waals surface area contributed by atoms with Gasteiger partial charge in [-0.3, -0.25) is 4.98 Å². The highest BCUT2D eigenvalue weighted by atomic mass is 35.5. The van der Waals surface area contributed by atoms with Crippen molar-refractivity contribution in [3.63, 3.8) is 0 Å². The number of halogens is 2. The van der Waals surface area contributed by atoms with Crippen molar-refractivity contribution in [3.05, 3.63) is 34.7 Å². The van der Waals surface area contributed by atoms with Crippen LogP contribution < -0.4 is 4.74 Å². The van der Waals surface area contributed by atoms with E-state index < -0.39 is 5.82 Å². The summed E-state index contributed by atoms with van der Waals surface area (Å²) >= 11 is 5.96. The first-order chi connectivity index (χ1) is 7.67. The quantitative estimate of drug-likeness (QED) is 0.765. The van der Waals surface area contributed by atoms with Crippen LogP contribution in [0.5, 0.6) is 5.75 Å². The average molecular weight is 237 g/mol. The van der Waals surface area contributed by atoms with E-state index in [9.17, 15) is 4.39 Å². The van der Waals surface area contributed by atoms with E-state index in [0.717, 1.165) is 0 Å². The molecule has 0 N–H and O–H groups in total. The summed E-state index contributed by atoms with van der Waals surface area (Å²) in [4.78, 5) is 3.85. The van der Waals surface area contributed by atoms with Crippen LogP contribution >= 0.6 is 11.6 Å². The van der Waals surface area contributed by atoms with Crippen molar-refractivity contribution in [1.82, 2.24) is 4.98 Å². The number of hydrogen-bond donors (Lipinski definition) is 0. The number of hydrogen-bond acceptors (Lipinski definition) is 3. The first-order valence-corrected chi connectivity index (χ1v) is 4.77. The summed E-state index contributed by atoms with van der Waals surface area (Å²) in [5.41, 5.74) is 0.339. The van der Waals surface area contributed by atoms with Gasteiger partial charge in [0.2, 0.25) is 0 Å². The van der Waals surface area contributed by atoms with E-state index in [-0.39, 0.29) is 16.1 Å². The third-order valence-electron chi connectivity index (χ3n) is 2.19. The molecule has 0 aliphatic rings. The largest absolute Gasteiger partial charge is 0.497 e. The van der Waals surface area contributed by atoms with E-state index in [0.29, 0.717) is 11.1 Å². The van der Waals surface area contributed by atoms with Gasteiger partial charge >= 0.3 is 0 Å². The van der Waals surface area contributed by atoms with Gasteiger partial charge in [0.05, 0.1) is 17.7 Å². The van der Waals surface area contributed by atoms with Crippen LogP contribution in [-0.4, -0.2) is 12.1 Å². The maximum atomic E-state index is 13.6. The maximum absolute atomic E-state index is 13.6. The highest BCUT2D eigenvalue weighted by Gasteiger charge is 2.11. The van der Waals surface area contributed by atoms with Crippen LogP contribution in [0.25, 0.3) is 10.9 Å². The zero-order valence-electron chi connectivity index (χ0n) is 8.29. The van der Waals surface area contributed by atoms with Crippen molar-refractivity contribution in [2.75, 3.05) is 7.11 Å². The van der Waals surface area contributed by atoms with E-state index in [4.69, 9.17) is 21.6 Å². The number of nitriles is 1. The van der Waals surface area contributed by atoms with Crippen LogP contribution in [0.1, 0.15) is 5.56 Å². The topological polar surface area (TPSA) is 45.9 Å². The summed E-state index contributed by atoms with van der Waals surface area (Å²) in [5, 5.41) is 9.33. The van der Waals surface area contributed by atoms with Gasteiger partial charge < -0.3 is 4.74 Å². The summed E-state index contributed by atoms with van der Waals surface area (Å²) in [7, 11) is 1.43. The lowest BCUT2D eigenvalue weighted by atomic mass is 10.1. The molecule has 16 heavy (non-hydrogen) atoms. The fourth-order valence-corrected chi connectivity index (χ4v) is 1.63. The molecule has 2 aromatic rings. The van der Waals surface area contributed by atoms with E-state index in [2.05, 4.69) is 4.98 Å². The molecule has 0 bridgehead atoms. The third-order valence-corrected chi connectivity index (χ3v) is 2.60. The normalized spacial score (nSPS) is 10.1. The molecule has 0 radical (unpaired) electrons. The zero-order valence-corrected chi connectivity index (χ0v) is 9.05. The maximum Gasteiger partial charge on any atom is 0.153 e. The van der Waals surface area contributed by atoms with Crippen LogP contribution in [0.4, 0.5) is 4.39 Å². The minimum absolute atomic E-state index is 0.129. The molecule has 0 aliphatic heterocycles. The van der Waals surface area contributed by atoms with Gasteiger partial charge in [-0.2, -0.15) is 5.26 Å². The Morgan fingerprint density at radius 3 is 2.88 bits per heavy atom. The second-order valence-electron chi connectivity index (χ2n) is 3.10. The van der Waals surface area contributed by atoms with Gasteiger partial charge in [0.1, 0.15) is 17.3 Å². The molecular weight excluding hydrogens is 231 g/mol. The van der Waals surface area contributed by atoms with Crippen LogP contribution in [0.2, 0.25) is 5.02 Å². The smallest absolute Gasteiger partial charge is 0.153 e. The summed E-state index contributed by atoms with van der Waals surface area (Å²) in [6.45, 7) is 0. The number of pyridine rings is 1. The van der Waals surface area contributed by atoms with E-state index in [1.54, 1.807) is 6.07 Å². The molecule has 0 amide bonds. The molecule has 1 aromatic heterocycles. The minimum Gasteiger partial charge on any atom is -0.497 e. The number of ether oxygens (including phenoxy) is 1. The summed E-state index contributed by atoms with van der Waals surface area (Å²) in [6, 6.07) is 4.66. The molecule has 1 aromatic carbocycles. The standard InChI is InChI=1S/C11H6ClFN2O/c1-16-7-2-8-10(12)6(4-14)5-15-11(8)9(13)3-7/h2-3,5H,1H3. The lowest BCUT2D eigenvalue weighted by Crippen LogP contribution is -1.91. The van der Waals surface area contributed by atoms with Gasteiger partial charge in [0.25, 0.3) is 0 Å². The Kier molecular flexibility index (Phi) is 2.63. The number of rotatable bonds is 1. The number of fused-ring (bicyclic) bond motifs is 1. The van der Waals surface area contributed by atoms with Gasteiger partial charge in [-0.1, -0.05) is 11.6 Å². The van der Waals surface area contributed by atoms with Crippen molar-refractivity contribution in [1.29, 1.82) is 5.26 Å². The molecule has 3 nitrogen and oxygen atoms in total. The Labute approximate surface area is 96.0 Å². The lowest BCUT2D eigenvalue weighted by molar-refractivity contribution is 0.412. The average Bonchev–Trinajstić information content (AvgIpc) is 2.30. The molecule has 0 fully saturated rings. The van der Waals surface area contributed by atoms with Crippen molar-refractivity contribution in [3.8, 4) is 11.8 Å². The van der Waals surface area contributed by atoms with Gasteiger partial charge in [0, 0.05) is 17.6 Å². The van der Waals surface area contributed by atoms with Crippen LogP contribution in [0, 0.1) is 17.1 Å². The highest BCUT2D eigenvalue weighted by molar-refractivity contribution is 6.36. The summed E-state index contributed by atoms with van der Waals surface area (Å²) < 4.78 is 18.5. The highest BCUT2D eigenvalue weighted by Crippen LogP contribution is 2.30. The minimum atomic E-state index is -0.527. The Balaban J connectivity index is 2.87. The molecule has 0 spiro atoms. The van der Waals surface area contributed by atoms with Gasteiger partial charge in [0.15, 0.2) is 5.82 Å². The molecule has 2 rings (SSSR count). The van der Waals surface area contributed by atoms with Gasteiger partial charge in [-0.25, -0.2) is 4.39 Å². The molecule has 0 unspecified atom stereocenters. The molecule has 0 aliphatic carbocycles. The fraction of sp³-hybridized carbons (Fsp3) is 0.0909. The Morgan fingerprint density at radius 2 is 2.25 bits per heavy atom. The van der Waals surface area contributed by atoms with E-state index in [1.165, 1.54) is 19.4 Å². The van der Waals surface area contributed by atoms with Crippen molar-refractivity contribution in [2.45, 2.75) is 0 Å². The monoisotopic (exact) mass is 236 g/mol. The first-order valence-electron chi connectivity index (χ1n) is 4.39. The molecule has 1 heterocycles. The lowest BCUT2D eigenvalue weighted by Gasteiger charge is -2.05. The number of benzene rings is 1. The predicted octanol–water partition coefficient (Wildman–Crippen LogP) is 2.91. The molecule has 0 atom stereocenters. The van der Waals surface area contributed by atoms with E-state index in [1.807, 2.05) is 6.07 Å². The fourth-order valence-electron chi connectivity index (χ4n) is 1.40. The van der Waals surface area contributed by atoms with Crippen LogP contribution in [0.15, 0.2) is 18.3 Å². The number of methoxy groups -OCH3 is 1. The Bertz CT molecular complexity index is 607. The molecular formula is C11H6ClFN2O. The van der Waals surface area contributed by atoms with Crippen molar-refractivity contribution < 1.29 is 9.13 Å². The summed E-state index contributed by atoms with van der Waals surface area (Å²) in [5.74, 6) is -0.190. The number of nitrogens with zero attached hydrogens (tertiary/aromatic N) is 2. The predicted molar refractivity (Wildman–Crippen MR) is 58.0 cm³/mol. The SMILES string of the molecule is COc1cc(F)c2ncc(C#N)c(Cl)c2c1. The third kappa shape index (κ3) is 1.55. The van der Waals surface area contributed by atoms with Gasteiger partial charge in [-0.15, -0.1) is 0 Å². The number of aromatic nitrogens is 1. The Hall–Kier alpha value is -1.86. The second kappa shape index (κ2) is 3.95. The molecule has 80 valence electrons. The molecule has 0 saturated carbocycles. The second-order valence-corrected chi connectivity index (χ2v) is 3.48. The van der Waals surface area contributed by atoms with Crippen molar-refractivity contribution >= 4 is 22.5 Å². The zero-order chi connectivity index (χ0) is 11.7. The van der Waals surface area contributed by atoms with Crippen LogP contribution in [0.3, 0.4) is 0 Å². The molecule has 0 saturated heterocycles. The first kappa shape index (κ1) is 10.7. The van der Waals surface area contributed by atoms with Gasteiger partial charge in [-0.05, 0) is 6.07 Å². The van der Waals surface area contributed by atoms with Crippen LogP contribution in [-0.2, 0) is 0 Å². The van der Waals surface area contributed by atoms with Crippen molar-refractivity contribution in [2.24, 2.45) is 0 Å². The van der Waals surface area contributed by atoms with E-state index >= 15 is 0 Å².